The zero-order chi connectivity index (χ0) is 18.6. The third-order valence-electron chi connectivity index (χ3n) is 6.79. The van der Waals surface area contributed by atoms with Crippen LogP contribution in [0.4, 0.5) is 0 Å². The van der Waals surface area contributed by atoms with Gasteiger partial charge in [-0.2, -0.15) is 0 Å². The Kier molecular flexibility index (Phi) is 3.84. The molecule has 1 aromatic rings. The first kappa shape index (κ1) is 16.9. The zero-order valence-corrected chi connectivity index (χ0v) is 15.2. The van der Waals surface area contributed by atoms with E-state index in [2.05, 4.69) is 22.0 Å². The van der Waals surface area contributed by atoms with Crippen molar-refractivity contribution in [3.8, 4) is 0 Å². The first-order valence-corrected chi connectivity index (χ1v) is 9.78. The van der Waals surface area contributed by atoms with Gasteiger partial charge in [0.05, 0.1) is 0 Å². The zero-order valence-electron chi connectivity index (χ0n) is 15.2. The topological polar surface area (TPSA) is 90.5 Å². The van der Waals surface area contributed by atoms with Crippen molar-refractivity contribution in [2.24, 2.45) is 5.92 Å². The number of rotatable bonds is 4. The lowest BCUT2D eigenvalue weighted by atomic mass is 9.69. The highest BCUT2D eigenvalue weighted by molar-refractivity contribution is 6.05. The number of fused-ring (bicyclic) bond motifs is 2. The number of hydrogen-bond acceptors (Lipinski definition) is 5. The fraction of sp³-hybridized carbons (Fsp3) is 0.550. The second kappa shape index (κ2) is 6.14. The average Bonchev–Trinajstić information content (AvgIpc) is 3.11. The van der Waals surface area contributed by atoms with Crippen LogP contribution in [0.15, 0.2) is 18.2 Å². The van der Waals surface area contributed by atoms with Crippen molar-refractivity contribution in [3.63, 3.8) is 0 Å². The van der Waals surface area contributed by atoms with E-state index in [4.69, 9.17) is 0 Å². The average molecular weight is 368 g/mol. The molecule has 3 amide bonds. The Morgan fingerprint density at radius 3 is 2.85 bits per heavy atom. The lowest BCUT2D eigenvalue weighted by Crippen LogP contribution is -2.57. The molecular weight excluding hydrogens is 344 g/mol. The number of carbonyl (C=O) groups excluding carboxylic acids is 3. The molecule has 0 bridgehead atoms. The number of benzene rings is 1. The molecule has 7 heteroatoms. The number of amides is 3. The summed E-state index contributed by atoms with van der Waals surface area (Å²) in [5.74, 6) is -0.0119. The number of nitrogens with one attached hydrogen (secondary N) is 3. The normalized spacial score (nSPS) is 32.1. The molecule has 2 saturated heterocycles. The minimum absolute atomic E-state index is 0.108. The van der Waals surface area contributed by atoms with Gasteiger partial charge in [-0.25, -0.2) is 0 Å². The fourth-order valence-electron chi connectivity index (χ4n) is 4.98. The summed E-state index contributed by atoms with van der Waals surface area (Å²) in [5, 5.41) is 9.53. The van der Waals surface area contributed by atoms with E-state index >= 15 is 0 Å². The van der Waals surface area contributed by atoms with Crippen molar-refractivity contribution in [1.82, 2.24) is 20.9 Å². The van der Waals surface area contributed by atoms with Crippen LogP contribution >= 0.6 is 0 Å². The molecule has 7 nitrogen and oxygen atoms in total. The highest BCUT2D eigenvalue weighted by atomic mass is 16.2. The van der Waals surface area contributed by atoms with Gasteiger partial charge in [-0.1, -0.05) is 12.1 Å². The molecule has 142 valence electrons. The van der Waals surface area contributed by atoms with Gasteiger partial charge in [-0.15, -0.1) is 0 Å². The summed E-state index contributed by atoms with van der Waals surface area (Å²) in [4.78, 5) is 38.0. The molecule has 3 fully saturated rings. The van der Waals surface area contributed by atoms with Crippen molar-refractivity contribution < 1.29 is 14.4 Å². The van der Waals surface area contributed by atoms with Gasteiger partial charge < -0.3 is 15.5 Å². The lowest BCUT2D eigenvalue weighted by Gasteiger charge is -2.45. The molecule has 4 aliphatic rings. The summed E-state index contributed by atoms with van der Waals surface area (Å²) < 4.78 is 0. The van der Waals surface area contributed by atoms with Crippen molar-refractivity contribution in [2.75, 3.05) is 13.1 Å². The molecule has 27 heavy (non-hydrogen) atoms. The summed E-state index contributed by atoms with van der Waals surface area (Å²) >= 11 is 0. The number of hydrogen-bond donors (Lipinski definition) is 3. The molecule has 3 heterocycles. The first-order valence-electron chi connectivity index (χ1n) is 9.78. The minimum atomic E-state index is -0.552. The van der Waals surface area contributed by atoms with Crippen molar-refractivity contribution in [1.29, 1.82) is 0 Å². The molecule has 5 rings (SSSR count). The number of imide groups is 1. The Labute approximate surface area is 157 Å². The maximum atomic E-state index is 12.9. The van der Waals surface area contributed by atoms with Crippen molar-refractivity contribution in [3.05, 3.63) is 34.9 Å². The van der Waals surface area contributed by atoms with Crippen LogP contribution in [0, 0.1) is 5.92 Å². The lowest BCUT2D eigenvalue weighted by molar-refractivity contribution is -0.136. The Hall–Kier alpha value is -2.25. The molecule has 1 aliphatic carbocycles. The van der Waals surface area contributed by atoms with Crippen LogP contribution in [0.3, 0.4) is 0 Å². The molecule has 0 radical (unpaired) electrons. The van der Waals surface area contributed by atoms with Gasteiger partial charge in [0.15, 0.2) is 0 Å². The van der Waals surface area contributed by atoms with Crippen LogP contribution in [0.25, 0.3) is 0 Å². The van der Waals surface area contributed by atoms with E-state index in [9.17, 15) is 14.4 Å². The molecule has 3 N–H and O–H groups in total. The Bertz CT molecular complexity index is 839. The van der Waals surface area contributed by atoms with E-state index in [1.165, 1.54) is 12.8 Å². The Morgan fingerprint density at radius 2 is 2.11 bits per heavy atom. The summed E-state index contributed by atoms with van der Waals surface area (Å²) in [6.45, 7) is 3.29. The number of piperidine rings is 1. The quantitative estimate of drug-likeness (QED) is 0.665. The molecule has 3 aliphatic heterocycles. The highest BCUT2D eigenvalue weighted by Gasteiger charge is 2.49. The van der Waals surface area contributed by atoms with Crippen LogP contribution in [-0.4, -0.2) is 47.3 Å². The molecule has 1 saturated carbocycles. The molecule has 1 aromatic carbocycles. The highest BCUT2D eigenvalue weighted by Crippen LogP contribution is 2.41. The standard InChI is InChI=1S/C20H24N4O3/c25-17-4-3-16(18(26)23-17)24-10-13-2-1-12(7-15(13)19(24)27)8-22-20-6-5-14(20)9-21-11-20/h1-2,7,14,16,21-22H,3-6,8-11H2,(H,23,25,26). The Morgan fingerprint density at radius 1 is 1.22 bits per heavy atom. The van der Waals surface area contributed by atoms with E-state index in [-0.39, 0.29) is 29.7 Å². The smallest absolute Gasteiger partial charge is 0.255 e. The summed E-state index contributed by atoms with van der Waals surface area (Å²) in [7, 11) is 0. The van der Waals surface area contributed by atoms with Crippen LogP contribution in [0.1, 0.15) is 47.2 Å². The van der Waals surface area contributed by atoms with E-state index in [0.717, 1.165) is 36.7 Å². The number of nitrogens with zero attached hydrogens (tertiary/aromatic N) is 1. The van der Waals surface area contributed by atoms with Crippen molar-refractivity contribution >= 4 is 17.7 Å². The van der Waals surface area contributed by atoms with Gasteiger partial charge in [-0.3, -0.25) is 19.7 Å². The third-order valence-corrected chi connectivity index (χ3v) is 6.79. The first-order chi connectivity index (χ1) is 13.1. The van der Waals surface area contributed by atoms with E-state index in [1.54, 1.807) is 4.90 Å². The molecular formula is C20H24N4O3. The van der Waals surface area contributed by atoms with Crippen LogP contribution < -0.4 is 16.0 Å². The predicted octanol–water partition coefficient (Wildman–Crippen LogP) is 0.289. The second-order valence-electron chi connectivity index (χ2n) is 8.27. The summed E-state index contributed by atoms with van der Waals surface area (Å²) in [5.41, 5.74) is 2.96. The van der Waals surface area contributed by atoms with Gasteiger partial charge in [-0.05, 0) is 48.9 Å². The maximum Gasteiger partial charge on any atom is 0.255 e. The van der Waals surface area contributed by atoms with Crippen LogP contribution in [0.2, 0.25) is 0 Å². The maximum absolute atomic E-state index is 12.9. The van der Waals surface area contributed by atoms with E-state index in [1.807, 2.05) is 12.1 Å². The monoisotopic (exact) mass is 368 g/mol. The molecule has 3 atom stereocenters. The molecule has 0 aromatic heterocycles. The van der Waals surface area contributed by atoms with Gasteiger partial charge in [0, 0.05) is 37.2 Å². The van der Waals surface area contributed by atoms with Gasteiger partial charge in [0.25, 0.3) is 5.91 Å². The van der Waals surface area contributed by atoms with E-state index in [0.29, 0.717) is 18.5 Å². The van der Waals surface area contributed by atoms with E-state index < -0.39 is 6.04 Å². The van der Waals surface area contributed by atoms with Crippen LogP contribution in [-0.2, 0) is 22.7 Å². The predicted molar refractivity (Wildman–Crippen MR) is 97.7 cm³/mol. The van der Waals surface area contributed by atoms with Crippen LogP contribution in [0.5, 0.6) is 0 Å². The second-order valence-corrected chi connectivity index (χ2v) is 8.27. The summed E-state index contributed by atoms with van der Waals surface area (Å²) in [6, 6.07) is 5.48. The molecule has 0 spiro atoms. The number of carbonyl (C=O) groups is 3. The van der Waals surface area contributed by atoms with Gasteiger partial charge in [0.1, 0.15) is 6.04 Å². The van der Waals surface area contributed by atoms with Gasteiger partial charge >= 0.3 is 0 Å². The third kappa shape index (κ3) is 2.68. The molecule has 3 unspecified atom stereocenters. The largest absolute Gasteiger partial charge is 0.322 e. The fourth-order valence-corrected chi connectivity index (χ4v) is 4.98. The minimum Gasteiger partial charge on any atom is -0.322 e. The van der Waals surface area contributed by atoms with Crippen molar-refractivity contribution in [2.45, 2.75) is 50.4 Å². The summed E-state index contributed by atoms with van der Waals surface area (Å²) in [6.07, 6.45) is 3.17. The Balaban J connectivity index is 1.29. The van der Waals surface area contributed by atoms with Gasteiger partial charge in [0.2, 0.25) is 11.8 Å². The SMILES string of the molecule is O=C1CCC(N2Cc3ccc(CNC45CCC4CNC5)cc3C2=O)C(=O)N1.